The molecule has 1 aromatic carbocycles. The highest BCUT2D eigenvalue weighted by atomic mass is 35.5. The molecule has 1 aliphatic heterocycles. The first-order valence-corrected chi connectivity index (χ1v) is 10.5. The normalized spacial score (nSPS) is 18.7. The third-order valence-electron chi connectivity index (χ3n) is 4.06. The Balaban J connectivity index is 1.85. The lowest BCUT2D eigenvalue weighted by atomic mass is 10.0. The SMILES string of the molecule is O=C(Nc1ccc(F)cc1F)[C@H]1CCCCN1S(=O)(=O)c1ccc(Cl)s1. The minimum Gasteiger partial charge on any atom is -0.322 e. The number of halogens is 3. The number of carbonyl (C=O) groups excluding carboxylic acids is 1. The van der Waals surface area contributed by atoms with E-state index in [9.17, 15) is 22.0 Å². The third kappa shape index (κ3) is 3.90. The molecule has 0 aliphatic carbocycles. The molecular weight excluding hydrogens is 406 g/mol. The molecule has 1 fully saturated rings. The summed E-state index contributed by atoms with van der Waals surface area (Å²) in [5.41, 5.74) is -0.196. The molecule has 1 N–H and O–H groups in total. The lowest BCUT2D eigenvalue weighted by Gasteiger charge is -2.33. The van der Waals surface area contributed by atoms with Gasteiger partial charge in [0.25, 0.3) is 10.0 Å². The number of carbonyl (C=O) groups is 1. The van der Waals surface area contributed by atoms with E-state index >= 15 is 0 Å². The number of hydrogen-bond acceptors (Lipinski definition) is 4. The van der Waals surface area contributed by atoms with E-state index in [1.807, 2.05) is 0 Å². The third-order valence-corrected chi connectivity index (χ3v) is 7.66. The highest BCUT2D eigenvalue weighted by molar-refractivity contribution is 7.91. The Morgan fingerprint density at radius 3 is 2.65 bits per heavy atom. The first-order chi connectivity index (χ1) is 12.3. The summed E-state index contributed by atoms with van der Waals surface area (Å²) in [6, 6.07) is 4.67. The van der Waals surface area contributed by atoms with Crippen molar-refractivity contribution in [1.29, 1.82) is 0 Å². The van der Waals surface area contributed by atoms with Crippen molar-refractivity contribution in [3.63, 3.8) is 0 Å². The number of thiophene rings is 1. The molecule has 0 spiro atoms. The van der Waals surface area contributed by atoms with Crippen molar-refractivity contribution >= 4 is 44.6 Å². The number of anilines is 1. The second-order valence-corrected chi connectivity index (χ2v) is 9.63. The monoisotopic (exact) mass is 420 g/mol. The van der Waals surface area contributed by atoms with Crippen LogP contribution in [0.4, 0.5) is 14.5 Å². The Morgan fingerprint density at radius 1 is 1.23 bits per heavy atom. The Labute approximate surface area is 158 Å². The molecule has 0 bridgehead atoms. The van der Waals surface area contributed by atoms with E-state index in [1.165, 1.54) is 12.1 Å². The molecule has 26 heavy (non-hydrogen) atoms. The van der Waals surface area contributed by atoms with E-state index in [4.69, 9.17) is 11.6 Å². The first-order valence-electron chi connectivity index (χ1n) is 7.82. The van der Waals surface area contributed by atoms with Gasteiger partial charge in [0.15, 0.2) is 0 Å². The first kappa shape index (κ1) is 19.2. The van der Waals surface area contributed by atoms with Crippen LogP contribution in [-0.4, -0.2) is 31.2 Å². The van der Waals surface area contributed by atoms with Crippen LogP contribution >= 0.6 is 22.9 Å². The lowest BCUT2D eigenvalue weighted by Crippen LogP contribution is -2.49. The zero-order valence-corrected chi connectivity index (χ0v) is 15.8. The van der Waals surface area contributed by atoms with Gasteiger partial charge in [-0.05, 0) is 37.1 Å². The Hall–Kier alpha value is -1.55. The summed E-state index contributed by atoms with van der Waals surface area (Å²) in [5, 5.41) is 2.36. The van der Waals surface area contributed by atoms with Crippen molar-refractivity contribution in [3.8, 4) is 0 Å². The van der Waals surface area contributed by atoms with Crippen molar-refractivity contribution in [1.82, 2.24) is 4.31 Å². The summed E-state index contributed by atoms with van der Waals surface area (Å²) in [4.78, 5) is 12.6. The quantitative estimate of drug-likeness (QED) is 0.816. The number of amides is 1. The maximum atomic E-state index is 13.8. The fraction of sp³-hybridized carbons (Fsp3) is 0.312. The van der Waals surface area contributed by atoms with Crippen LogP contribution in [0.5, 0.6) is 0 Å². The molecule has 0 unspecified atom stereocenters. The van der Waals surface area contributed by atoms with Crippen LogP contribution in [0.15, 0.2) is 34.5 Å². The number of rotatable bonds is 4. The molecule has 1 amide bonds. The van der Waals surface area contributed by atoms with Gasteiger partial charge in [-0.25, -0.2) is 17.2 Å². The number of sulfonamides is 1. The molecule has 1 saturated heterocycles. The lowest BCUT2D eigenvalue weighted by molar-refractivity contribution is -0.120. The average molecular weight is 421 g/mol. The predicted molar refractivity (Wildman–Crippen MR) is 95.8 cm³/mol. The van der Waals surface area contributed by atoms with E-state index < -0.39 is 33.6 Å². The van der Waals surface area contributed by atoms with Crippen LogP contribution in [0.3, 0.4) is 0 Å². The van der Waals surface area contributed by atoms with E-state index in [0.29, 0.717) is 29.7 Å². The van der Waals surface area contributed by atoms with Crippen LogP contribution < -0.4 is 5.32 Å². The zero-order chi connectivity index (χ0) is 18.9. The topological polar surface area (TPSA) is 66.5 Å². The summed E-state index contributed by atoms with van der Waals surface area (Å²) < 4.78 is 54.0. The smallest absolute Gasteiger partial charge is 0.253 e. The molecule has 1 aromatic heterocycles. The molecule has 140 valence electrons. The van der Waals surface area contributed by atoms with E-state index in [-0.39, 0.29) is 16.4 Å². The van der Waals surface area contributed by atoms with Crippen molar-refractivity contribution < 1.29 is 22.0 Å². The van der Waals surface area contributed by atoms with Gasteiger partial charge in [0.2, 0.25) is 5.91 Å². The number of hydrogen-bond donors (Lipinski definition) is 1. The largest absolute Gasteiger partial charge is 0.322 e. The Bertz CT molecular complexity index is 933. The van der Waals surface area contributed by atoms with Crippen molar-refractivity contribution in [2.45, 2.75) is 29.5 Å². The van der Waals surface area contributed by atoms with Crippen LogP contribution in [0.25, 0.3) is 0 Å². The van der Waals surface area contributed by atoms with Crippen LogP contribution in [0.2, 0.25) is 4.34 Å². The van der Waals surface area contributed by atoms with Gasteiger partial charge >= 0.3 is 0 Å². The summed E-state index contributed by atoms with van der Waals surface area (Å²) in [6.07, 6.45) is 1.60. The van der Waals surface area contributed by atoms with E-state index in [1.54, 1.807) is 0 Å². The van der Waals surface area contributed by atoms with Crippen LogP contribution in [0, 0.1) is 11.6 Å². The van der Waals surface area contributed by atoms with Gasteiger partial charge < -0.3 is 5.32 Å². The molecule has 0 saturated carbocycles. The second kappa shape index (κ2) is 7.59. The van der Waals surface area contributed by atoms with Gasteiger partial charge in [-0.15, -0.1) is 11.3 Å². The molecule has 1 atom stereocenters. The van der Waals surface area contributed by atoms with Gasteiger partial charge in [0.1, 0.15) is 21.9 Å². The number of benzene rings is 1. The van der Waals surface area contributed by atoms with E-state index in [2.05, 4.69) is 5.32 Å². The summed E-state index contributed by atoms with van der Waals surface area (Å²) in [6.45, 7) is 0.182. The van der Waals surface area contributed by atoms with Gasteiger partial charge in [0.05, 0.1) is 10.0 Å². The number of piperidine rings is 1. The van der Waals surface area contributed by atoms with Crippen molar-refractivity contribution in [3.05, 3.63) is 46.3 Å². The Morgan fingerprint density at radius 2 is 2.00 bits per heavy atom. The minimum atomic E-state index is -3.89. The molecule has 1 aliphatic rings. The summed E-state index contributed by atoms with van der Waals surface area (Å²) >= 11 is 6.74. The molecule has 2 aromatic rings. The standard InChI is InChI=1S/C16H15ClF2N2O3S2/c17-14-6-7-15(25-14)26(23,24)21-8-2-1-3-13(21)16(22)20-12-5-4-10(18)9-11(12)19/h4-7,9,13H,1-3,8H2,(H,20,22)/t13-/m1/s1. The number of nitrogens with zero attached hydrogens (tertiary/aromatic N) is 1. The highest BCUT2D eigenvalue weighted by Crippen LogP contribution is 2.32. The minimum absolute atomic E-state index is 0.0511. The van der Waals surface area contributed by atoms with Gasteiger partial charge in [-0.1, -0.05) is 18.0 Å². The molecular formula is C16H15ClF2N2O3S2. The van der Waals surface area contributed by atoms with Crippen LogP contribution in [-0.2, 0) is 14.8 Å². The fourth-order valence-corrected chi connectivity index (χ4v) is 6.08. The number of nitrogens with one attached hydrogen (secondary N) is 1. The van der Waals surface area contributed by atoms with Crippen LogP contribution in [0.1, 0.15) is 19.3 Å². The molecule has 5 nitrogen and oxygen atoms in total. The molecule has 2 heterocycles. The molecule has 0 radical (unpaired) electrons. The summed E-state index contributed by atoms with van der Waals surface area (Å²) in [5.74, 6) is -2.34. The fourth-order valence-electron chi connectivity index (χ4n) is 2.81. The molecule has 10 heteroatoms. The highest BCUT2D eigenvalue weighted by Gasteiger charge is 2.38. The van der Waals surface area contributed by atoms with Gasteiger partial charge in [0, 0.05) is 12.6 Å². The second-order valence-electron chi connectivity index (χ2n) is 5.80. The van der Waals surface area contributed by atoms with E-state index in [0.717, 1.165) is 27.8 Å². The van der Waals surface area contributed by atoms with Gasteiger partial charge in [-0.2, -0.15) is 4.31 Å². The van der Waals surface area contributed by atoms with Gasteiger partial charge in [-0.3, -0.25) is 4.79 Å². The van der Waals surface area contributed by atoms with Crippen molar-refractivity contribution in [2.24, 2.45) is 0 Å². The van der Waals surface area contributed by atoms with Crippen molar-refractivity contribution in [2.75, 3.05) is 11.9 Å². The maximum absolute atomic E-state index is 13.8. The Kier molecular flexibility index (Phi) is 5.61. The predicted octanol–water partition coefficient (Wildman–Crippen LogP) is 3.86. The summed E-state index contributed by atoms with van der Waals surface area (Å²) in [7, 11) is -3.89. The average Bonchev–Trinajstić information content (AvgIpc) is 3.04. The zero-order valence-electron chi connectivity index (χ0n) is 13.4. The maximum Gasteiger partial charge on any atom is 0.253 e. The molecule has 3 rings (SSSR count).